The van der Waals surface area contributed by atoms with Gasteiger partial charge in [0.2, 0.25) is 5.91 Å². The largest absolute Gasteiger partial charge is 0.366 e. The van der Waals surface area contributed by atoms with Gasteiger partial charge in [-0.2, -0.15) is 0 Å². The fraction of sp³-hybridized carbons (Fsp3) is 0.462. The molecule has 0 aliphatic carbocycles. The number of halogens is 1. The molecule has 1 aliphatic heterocycles. The number of primary amides is 1. The summed E-state index contributed by atoms with van der Waals surface area (Å²) < 4.78 is 24.9. The molecule has 0 atom stereocenters. The van der Waals surface area contributed by atoms with Crippen molar-refractivity contribution in [1.29, 1.82) is 0 Å². The van der Waals surface area contributed by atoms with E-state index in [-0.39, 0.29) is 11.6 Å². The van der Waals surface area contributed by atoms with Crippen LogP contribution >= 0.6 is 0 Å². The molecule has 0 bridgehead atoms. The van der Waals surface area contributed by atoms with E-state index in [1.54, 1.807) is 6.07 Å². The minimum absolute atomic E-state index is 0.175. The summed E-state index contributed by atoms with van der Waals surface area (Å²) in [6.07, 6.45) is 1.71. The van der Waals surface area contributed by atoms with Crippen molar-refractivity contribution < 1.29 is 13.4 Å². The summed E-state index contributed by atoms with van der Waals surface area (Å²) in [5, 5.41) is 3.26. The first-order chi connectivity index (χ1) is 9.06. The molecule has 0 saturated carbocycles. The zero-order valence-electron chi connectivity index (χ0n) is 10.5. The molecule has 19 heavy (non-hydrogen) atoms. The van der Waals surface area contributed by atoms with Crippen LogP contribution in [0.4, 0.5) is 4.39 Å². The van der Waals surface area contributed by atoms with Crippen molar-refractivity contribution in [2.45, 2.75) is 25.4 Å². The number of carbonyl (C=O) groups is 1. The Labute approximate surface area is 114 Å². The number of nitrogens with one attached hydrogen (secondary N) is 1. The third-order valence-electron chi connectivity index (χ3n) is 3.31. The van der Waals surface area contributed by atoms with Crippen LogP contribution in [0, 0.1) is 5.82 Å². The molecule has 1 saturated heterocycles. The lowest BCUT2D eigenvalue weighted by Crippen LogP contribution is -2.35. The van der Waals surface area contributed by atoms with E-state index in [0.717, 1.165) is 18.9 Å². The van der Waals surface area contributed by atoms with E-state index in [1.807, 2.05) is 0 Å². The number of amides is 1. The monoisotopic (exact) mass is 284 g/mol. The highest BCUT2D eigenvalue weighted by Crippen LogP contribution is 2.13. The van der Waals surface area contributed by atoms with E-state index in [1.165, 1.54) is 6.07 Å². The molecular formula is C13H17FN2O2S. The Morgan fingerprint density at radius 1 is 1.42 bits per heavy atom. The van der Waals surface area contributed by atoms with Crippen LogP contribution < -0.4 is 11.1 Å². The topological polar surface area (TPSA) is 72.2 Å². The van der Waals surface area contributed by atoms with Crippen LogP contribution in [0.25, 0.3) is 0 Å². The van der Waals surface area contributed by atoms with Crippen molar-refractivity contribution in [2.24, 2.45) is 5.73 Å². The smallest absolute Gasteiger partial charge is 0.248 e. The van der Waals surface area contributed by atoms with Crippen LogP contribution in [0.15, 0.2) is 18.2 Å². The summed E-state index contributed by atoms with van der Waals surface area (Å²) in [5.41, 5.74) is 5.77. The lowest BCUT2D eigenvalue weighted by Gasteiger charge is -2.22. The Balaban J connectivity index is 1.92. The quantitative estimate of drug-likeness (QED) is 0.864. The summed E-state index contributed by atoms with van der Waals surface area (Å²) in [7, 11) is -0.687. The van der Waals surface area contributed by atoms with Crippen molar-refractivity contribution in [3.05, 3.63) is 35.1 Å². The number of hydrogen-bond acceptors (Lipinski definition) is 3. The van der Waals surface area contributed by atoms with Gasteiger partial charge in [-0.25, -0.2) is 4.39 Å². The molecule has 0 unspecified atom stereocenters. The number of rotatable bonds is 4. The average molecular weight is 284 g/mol. The minimum Gasteiger partial charge on any atom is -0.366 e. The van der Waals surface area contributed by atoms with Gasteiger partial charge in [0.15, 0.2) is 0 Å². The van der Waals surface area contributed by atoms with E-state index >= 15 is 0 Å². The van der Waals surface area contributed by atoms with Crippen LogP contribution in [0.2, 0.25) is 0 Å². The predicted molar refractivity (Wildman–Crippen MR) is 72.7 cm³/mol. The highest BCUT2D eigenvalue weighted by atomic mass is 32.2. The van der Waals surface area contributed by atoms with Gasteiger partial charge in [-0.1, -0.05) is 6.07 Å². The van der Waals surface area contributed by atoms with Crippen LogP contribution in [0.3, 0.4) is 0 Å². The highest BCUT2D eigenvalue weighted by Gasteiger charge is 2.17. The second kappa shape index (κ2) is 6.25. The molecule has 1 heterocycles. The molecule has 1 amide bonds. The summed E-state index contributed by atoms with van der Waals surface area (Å²) in [4.78, 5) is 10.9. The molecule has 2 rings (SSSR count). The maximum absolute atomic E-state index is 13.7. The molecule has 4 nitrogen and oxygen atoms in total. The Hall–Kier alpha value is -1.27. The standard InChI is InChI=1S/C13H17FN2O2S/c14-12-7-9(13(15)17)1-2-10(12)8-16-11-3-5-19(18)6-4-11/h1-2,7,11,16H,3-6,8H2,(H2,15,17). The normalized spacial score (nSPS) is 23.2. The van der Waals surface area contributed by atoms with Crippen LogP contribution in [0.1, 0.15) is 28.8 Å². The molecule has 0 aromatic heterocycles. The number of benzene rings is 1. The number of carbonyl (C=O) groups excluding carboxylic acids is 1. The number of nitrogens with two attached hydrogens (primary N) is 1. The maximum Gasteiger partial charge on any atom is 0.248 e. The summed E-state index contributed by atoms with van der Waals surface area (Å²) in [6, 6.07) is 4.55. The summed E-state index contributed by atoms with van der Waals surface area (Å²) >= 11 is 0. The molecule has 3 N–H and O–H groups in total. The van der Waals surface area contributed by atoms with Crippen molar-refractivity contribution in [3.63, 3.8) is 0 Å². The molecule has 1 aromatic rings. The highest BCUT2D eigenvalue weighted by molar-refractivity contribution is 7.85. The first-order valence-corrected chi connectivity index (χ1v) is 7.71. The van der Waals surface area contributed by atoms with Gasteiger partial charge in [0, 0.05) is 46.0 Å². The van der Waals surface area contributed by atoms with Gasteiger partial charge in [0.05, 0.1) is 0 Å². The Morgan fingerprint density at radius 2 is 2.11 bits per heavy atom. The van der Waals surface area contributed by atoms with Gasteiger partial charge in [-0.05, 0) is 25.0 Å². The average Bonchev–Trinajstić information content (AvgIpc) is 2.39. The Kier molecular flexibility index (Phi) is 4.66. The van der Waals surface area contributed by atoms with E-state index in [4.69, 9.17) is 5.73 Å². The third-order valence-corrected chi connectivity index (χ3v) is 4.69. The first-order valence-electron chi connectivity index (χ1n) is 6.23. The van der Waals surface area contributed by atoms with E-state index < -0.39 is 22.5 Å². The van der Waals surface area contributed by atoms with Gasteiger partial charge >= 0.3 is 0 Å². The maximum atomic E-state index is 13.7. The summed E-state index contributed by atoms with van der Waals surface area (Å²) in [5.74, 6) is 0.359. The van der Waals surface area contributed by atoms with E-state index in [2.05, 4.69) is 5.32 Å². The molecule has 1 aliphatic rings. The molecule has 104 valence electrons. The van der Waals surface area contributed by atoms with Gasteiger partial charge < -0.3 is 11.1 Å². The van der Waals surface area contributed by atoms with Crippen molar-refractivity contribution >= 4 is 16.7 Å². The van der Waals surface area contributed by atoms with Gasteiger partial charge in [0.1, 0.15) is 5.82 Å². The van der Waals surface area contributed by atoms with E-state index in [0.29, 0.717) is 23.6 Å². The minimum atomic E-state index is -0.687. The molecule has 0 spiro atoms. The molecule has 0 radical (unpaired) electrons. The van der Waals surface area contributed by atoms with Crippen molar-refractivity contribution in [1.82, 2.24) is 5.32 Å². The lowest BCUT2D eigenvalue weighted by molar-refractivity contribution is 0.1000. The molecular weight excluding hydrogens is 267 g/mol. The zero-order valence-corrected chi connectivity index (χ0v) is 11.3. The SMILES string of the molecule is NC(=O)c1ccc(CNC2CCS(=O)CC2)c(F)c1. The van der Waals surface area contributed by atoms with Crippen LogP contribution in [-0.2, 0) is 17.3 Å². The lowest BCUT2D eigenvalue weighted by atomic mass is 10.1. The zero-order chi connectivity index (χ0) is 13.8. The van der Waals surface area contributed by atoms with Gasteiger partial charge in [0.25, 0.3) is 0 Å². The second-order valence-corrected chi connectivity index (χ2v) is 6.37. The predicted octanol–water partition coefficient (Wildman–Crippen LogP) is 0.925. The molecule has 1 fully saturated rings. The Morgan fingerprint density at radius 3 is 2.68 bits per heavy atom. The molecule has 6 heteroatoms. The van der Waals surface area contributed by atoms with E-state index in [9.17, 15) is 13.4 Å². The third kappa shape index (κ3) is 3.84. The van der Waals surface area contributed by atoms with Gasteiger partial charge in [-0.3, -0.25) is 9.00 Å². The summed E-state index contributed by atoms with van der Waals surface area (Å²) in [6.45, 7) is 0.405. The second-order valence-electron chi connectivity index (χ2n) is 4.67. The fourth-order valence-electron chi connectivity index (χ4n) is 2.10. The Bertz CT molecular complexity index is 497. The molecule has 1 aromatic carbocycles. The fourth-order valence-corrected chi connectivity index (χ4v) is 3.40. The van der Waals surface area contributed by atoms with Gasteiger partial charge in [-0.15, -0.1) is 0 Å². The van der Waals surface area contributed by atoms with Crippen LogP contribution in [0.5, 0.6) is 0 Å². The van der Waals surface area contributed by atoms with Crippen LogP contribution in [-0.4, -0.2) is 27.7 Å². The first kappa shape index (κ1) is 14.1. The van der Waals surface area contributed by atoms with Crippen molar-refractivity contribution in [3.8, 4) is 0 Å². The number of hydrogen-bond donors (Lipinski definition) is 2. The van der Waals surface area contributed by atoms with Crippen molar-refractivity contribution in [2.75, 3.05) is 11.5 Å².